The monoisotopic (exact) mass is 438 g/mol. The summed E-state index contributed by atoms with van der Waals surface area (Å²) in [6.07, 6.45) is 2.94. The van der Waals surface area contributed by atoms with Gasteiger partial charge >= 0.3 is 0 Å². The molecule has 174 valence electrons. The van der Waals surface area contributed by atoms with Gasteiger partial charge in [-0.1, -0.05) is 75.4 Å². The molecule has 2 aromatic carbocycles. The van der Waals surface area contributed by atoms with Crippen molar-refractivity contribution in [2.75, 3.05) is 13.2 Å². The van der Waals surface area contributed by atoms with Crippen LogP contribution in [0.15, 0.2) is 54.6 Å². The third-order valence-electron chi connectivity index (χ3n) is 6.54. The largest absolute Gasteiger partial charge is 0.394 e. The van der Waals surface area contributed by atoms with Gasteiger partial charge in [0.15, 0.2) is 0 Å². The van der Waals surface area contributed by atoms with Crippen LogP contribution in [0.25, 0.3) is 0 Å². The Morgan fingerprint density at radius 2 is 1.81 bits per heavy atom. The minimum atomic E-state index is -0.944. The van der Waals surface area contributed by atoms with Gasteiger partial charge < -0.3 is 20.8 Å². The second kappa shape index (κ2) is 11.1. The van der Waals surface area contributed by atoms with Crippen LogP contribution in [0.2, 0.25) is 0 Å². The minimum Gasteiger partial charge on any atom is -0.394 e. The first kappa shape index (κ1) is 24.4. The second-order valence-corrected chi connectivity index (χ2v) is 10.0. The van der Waals surface area contributed by atoms with Crippen LogP contribution < -0.4 is 10.6 Å². The van der Waals surface area contributed by atoms with E-state index < -0.39 is 12.1 Å². The van der Waals surface area contributed by atoms with E-state index in [0.29, 0.717) is 11.5 Å². The van der Waals surface area contributed by atoms with E-state index in [1.54, 1.807) is 12.1 Å². The number of amides is 1. The first-order chi connectivity index (χ1) is 15.3. The van der Waals surface area contributed by atoms with E-state index in [1.165, 1.54) is 11.1 Å². The molecule has 1 aliphatic heterocycles. The lowest BCUT2D eigenvalue weighted by Gasteiger charge is -2.31. The molecule has 1 amide bonds. The molecule has 0 spiro atoms. The zero-order valence-electron chi connectivity index (χ0n) is 19.6. The van der Waals surface area contributed by atoms with E-state index in [9.17, 15) is 15.0 Å². The Balaban J connectivity index is 1.51. The molecule has 1 fully saturated rings. The molecule has 2 aromatic rings. The predicted molar refractivity (Wildman–Crippen MR) is 128 cm³/mol. The van der Waals surface area contributed by atoms with E-state index in [4.69, 9.17) is 0 Å². The zero-order valence-corrected chi connectivity index (χ0v) is 19.6. The maximum absolute atomic E-state index is 12.9. The molecular formula is C27H38N2O3. The number of benzene rings is 2. The van der Waals surface area contributed by atoms with Crippen molar-refractivity contribution < 1.29 is 15.0 Å². The van der Waals surface area contributed by atoms with Crippen LogP contribution in [0, 0.1) is 5.92 Å². The van der Waals surface area contributed by atoms with Gasteiger partial charge in [0.05, 0.1) is 18.7 Å². The van der Waals surface area contributed by atoms with Gasteiger partial charge in [0.25, 0.3) is 0 Å². The number of hydrogen-bond donors (Lipinski definition) is 4. The molecule has 4 atom stereocenters. The third-order valence-corrected chi connectivity index (χ3v) is 6.54. The quantitative estimate of drug-likeness (QED) is 0.509. The summed E-state index contributed by atoms with van der Waals surface area (Å²) in [6, 6.07) is 17.0. The van der Waals surface area contributed by atoms with E-state index in [2.05, 4.69) is 55.7 Å². The van der Waals surface area contributed by atoms with Crippen molar-refractivity contribution in [2.45, 2.75) is 70.1 Å². The minimum absolute atomic E-state index is 0.154. The Morgan fingerprint density at radius 1 is 1.12 bits per heavy atom. The number of piperidine rings is 1. The number of aryl methyl sites for hydroxylation is 1. The van der Waals surface area contributed by atoms with E-state index in [0.717, 1.165) is 32.2 Å². The number of nitrogens with one attached hydrogen (secondary N) is 2. The van der Waals surface area contributed by atoms with Gasteiger partial charge in [0, 0.05) is 0 Å². The van der Waals surface area contributed by atoms with Crippen molar-refractivity contribution in [3.05, 3.63) is 71.3 Å². The van der Waals surface area contributed by atoms with Crippen LogP contribution in [-0.4, -0.2) is 41.4 Å². The summed E-state index contributed by atoms with van der Waals surface area (Å²) in [6.45, 7) is 7.16. The summed E-state index contributed by atoms with van der Waals surface area (Å²) < 4.78 is 0. The van der Waals surface area contributed by atoms with E-state index in [-0.39, 0.29) is 24.0 Å². The average molecular weight is 439 g/mol. The maximum atomic E-state index is 12.9. The van der Waals surface area contributed by atoms with Crippen molar-refractivity contribution in [3.8, 4) is 0 Å². The lowest BCUT2D eigenvalue weighted by Crippen LogP contribution is -2.53. The summed E-state index contributed by atoms with van der Waals surface area (Å²) in [5.74, 6) is 0.319. The lowest BCUT2D eigenvalue weighted by atomic mass is 9.85. The SMILES string of the molecule is CC(C)(C)c1ccc(CCC2CCN[C@@H](C(=O)N[C@H](CO)[C@H](O)c3ccccc3)C2)cc1. The topological polar surface area (TPSA) is 81.6 Å². The third kappa shape index (κ3) is 6.64. The first-order valence-corrected chi connectivity index (χ1v) is 11.7. The van der Waals surface area contributed by atoms with Crippen LogP contribution in [0.5, 0.6) is 0 Å². The Bertz CT molecular complexity index is 845. The van der Waals surface area contributed by atoms with Crippen molar-refractivity contribution in [2.24, 2.45) is 5.92 Å². The standard InChI is InChI=1S/C27H38N2O3/c1-27(2,3)22-13-11-19(12-14-22)9-10-20-15-16-28-23(17-20)26(32)29-24(18-30)25(31)21-7-5-4-6-8-21/h4-8,11-14,20,23-25,28,30-31H,9-10,15-18H2,1-3H3,(H,29,32)/t20?,23-,24-,25-/m1/s1. The number of carbonyl (C=O) groups excluding carboxylic acids is 1. The molecule has 0 aliphatic carbocycles. The summed E-state index contributed by atoms with van der Waals surface area (Å²) >= 11 is 0. The lowest BCUT2D eigenvalue weighted by molar-refractivity contribution is -0.126. The first-order valence-electron chi connectivity index (χ1n) is 11.7. The highest BCUT2D eigenvalue weighted by Crippen LogP contribution is 2.25. The van der Waals surface area contributed by atoms with Crippen molar-refractivity contribution in [1.82, 2.24) is 10.6 Å². The Kier molecular flexibility index (Phi) is 8.46. The van der Waals surface area contributed by atoms with E-state index in [1.807, 2.05) is 18.2 Å². The van der Waals surface area contributed by atoms with Gasteiger partial charge in [0.1, 0.15) is 6.10 Å². The fourth-order valence-corrected chi connectivity index (χ4v) is 4.39. The predicted octanol–water partition coefficient (Wildman–Crippen LogP) is 3.50. The molecule has 0 radical (unpaired) electrons. The highest BCUT2D eigenvalue weighted by Gasteiger charge is 2.30. The number of rotatable bonds is 8. The van der Waals surface area contributed by atoms with Crippen LogP contribution in [0.3, 0.4) is 0 Å². The van der Waals surface area contributed by atoms with Crippen molar-refractivity contribution >= 4 is 5.91 Å². The van der Waals surface area contributed by atoms with Gasteiger partial charge in [-0.3, -0.25) is 4.79 Å². The summed E-state index contributed by atoms with van der Waals surface area (Å²) in [7, 11) is 0. The molecule has 4 N–H and O–H groups in total. The Labute approximate surface area is 192 Å². The van der Waals surface area contributed by atoms with Crippen LogP contribution >= 0.6 is 0 Å². The van der Waals surface area contributed by atoms with Crippen LogP contribution in [-0.2, 0) is 16.6 Å². The molecule has 32 heavy (non-hydrogen) atoms. The van der Waals surface area contributed by atoms with Gasteiger partial charge in [-0.05, 0) is 60.3 Å². The molecule has 1 aliphatic rings. The molecular weight excluding hydrogens is 400 g/mol. The fraction of sp³-hybridized carbons (Fsp3) is 0.519. The smallest absolute Gasteiger partial charge is 0.237 e. The molecule has 1 unspecified atom stereocenters. The molecule has 3 rings (SSSR count). The number of hydrogen-bond acceptors (Lipinski definition) is 4. The molecule has 5 nitrogen and oxygen atoms in total. The number of aliphatic hydroxyl groups is 2. The highest BCUT2D eigenvalue weighted by atomic mass is 16.3. The number of aliphatic hydroxyl groups excluding tert-OH is 2. The fourth-order valence-electron chi connectivity index (χ4n) is 4.39. The normalized spacial score (nSPS) is 21.0. The van der Waals surface area contributed by atoms with Crippen LogP contribution in [0.1, 0.15) is 62.8 Å². The summed E-state index contributed by atoms with van der Waals surface area (Å²) in [5.41, 5.74) is 3.52. The van der Waals surface area contributed by atoms with E-state index >= 15 is 0 Å². The Morgan fingerprint density at radius 3 is 2.44 bits per heavy atom. The van der Waals surface area contributed by atoms with Gasteiger partial charge in [-0.15, -0.1) is 0 Å². The van der Waals surface area contributed by atoms with Gasteiger partial charge in [0.2, 0.25) is 5.91 Å². The highest BCUT2D eigenvalue weighted by molar-refractivity contribution is 5.82. The second-order valence-electron chi connectivity index (χ2n) is 10.0. The summed E-state index contributed by atoms with van der Waals surface area (Å²) in [5, 5.41) is 26.5. The molecule has 0 saturated carbocycles. The average Bonchev–Trinajstić information content (AvgIpc) is 2.81. The molecule has 0 aromatic heterocycles. The van der Waals surface area contributed by atoms with Gasteiger partial charge in [-0.25, -0.2) is 0 Å². The van der Waals surface area contributed by atoms with Gasteiger partial charge in [-0.2, -0.15) is 0 Å². The zero-order chi connectivity index (χ0) is 23.1. The number of carbonyl (C=O) groups is 1. The molecule has 0 bridgehead atoms. The molecule has 5 heteroatoms. The van der Waals surface area contributed by atoms with Crippen molar-refractivity contribution in [1.29, 1.82) is 0 Å². The molecule has 1 heterocycles. The van der Waals surface area contributed by atoms with Crippen molar-refractivity contribution in [3.63, 3.8) is 0 Å². The molecule has 1 saturated heterocycles. The Hall–Kier alpha value is -2.21. The van der Waals surface area contributed by atoms with Crippen LogP contribution in [0.4, 0.5) is 0 Å². The summed E-state index contributed by atoms with van der Waals surface area (Å²) in [4.78, 5) is 12.9. The maximum Gasteiger partial charge on any atom is 0.237 e.